The second-order valence-corrected chi connectivity index (χ2v) is 3.38. The van der Waals surface area contributed by atoms with E-state index in [0.717, 1.165) is 0 Å². The van der Waals surface area contributed by atoms with Gasteiger partial charge in [-0.1, -0.05) is 0 Å². The third kappa shape index (κ3) is 1.92. The maximum absolute atomic E-state index is 10.8. The fourth-order valence-corrected chi connectivity index (χ4v) is 1.24. The van der Waals surface area contributed by atoms with Crippen LogP contribution in [0.15, 0.2) is 18.2 Å². The monoisotopic (exact) mass is 262 g/mol. The molecule has 0 atom stereocenters. The Labute approximate surface area is 78.4 Å². The molecule has 0 bridgehead atoms. The molecule has 3 heteroatoms. The van der Waals surface area contributed by atoms with Crippen LogP contribution in [0.1, 0.15) is 17.3 Å². The molecule has 0 aliphatic rings. The van der Waals surface area contributed by atoms with E-state index >= 15 is 0 Å². The Morgan fingerprint density at radius 3 is 2.64 bits per heavy atom. The van der Waals surface area contributed by atoms with Gasteiger partial charge in [0.1, 0.15) is 5.75 Å². The summed E-state index contributed by atoms with van der Waals surface area (Å²) in [7, 11) is 0. The topological polar surface area (TPSA) is 37.3 Å². The van der Waals surface area contributed by atoms with Gasteiger partial charge in [-0.15, -0.1) is 0 Å². The van der Waals surface area contributed by atoms with Gasteiger partial charge in [0.05, 0.1) is 3.57 Å². The molecular formula is C8H7IO2. The molecule has 0 aliphatic heterocycles. The Hall–Kier alpha value is -0.580. The summed E-state index contributed by atoms with van der Waals surface area (Å²) >= 11 is 1.98. The Morgan fingerprint density at radius 2 is 2.18 bits per heavy atom. The first-order chi connectivity index (χ1) is 5.11. The van der Waals surface area contributed by atoms with Crippen LogP contribution in [0.25, 0.3) is 0 Å². The SMILES string of the molecule is CC(=O)c1ccc(O)c(I)c1. The molecular weight excluding hydrogens is 255 g/mol. The third-order valence-electron chi connectivity index (χ3n) is 1.35. The van der Waals surface area contributed by atoms with E-state index < -0.39 is 0 Å². The number of Topliss-reactive ketones (excluding diaryl/α,β-unsaturated/α-hetero) is 1. The molecule has 0 spiro atoms. The van der Waals surface area contributed by atoms with Gasteiger partial charge in [-0.25, -0.2) is 0 Å². The van der Waals surface area contributed by atoms with Crippen LogP contribution in [0, 0.1) is 3.57 Å². The van der Waals surface area contributed by atoms with E-state index in [9.17, 15) is 4.79 Å². The quantitative estimate of drug-likeness (QED) is 0.622. The molecule has 0 heterocycles. The van der Waals surface area contributed by atoms with E-state index in [1.807, 2.05) is 22.6 Å². The Bertz CT molecular complexity index is 294. The minimum absolute atomic E-state index is 0.0166. The molecule has 0 unspecified atom stereocenters. The molecule has 0 aliphatic carbocycles. The number of carbonyl (C=O) groups excluding carboxylic acids is 1. The van der Waals surface area contributed by atoms with Crippen molar-refractivity contribution in [3.8, 4) is 5.75 Å². The Kier molecular flexibility index (Phi) is 2.49. The Morgan fingerprint density at radius 1 is 1.55 bits per heavy atom. The van der Waals surface area contributed by atoms with Gasteiger partial charge < -0.3 is 5.11 Å². The van der Waals surface area contributed by atoms with Crippen molar-refractivity contribution in [2.75, 3.05) is 0 Å². The van der Waals surface area contributed by atoms with Crippen molar-refractivity contribution in [3.05, 3.63) is 27.3 Å². The summed E-state index contributed by atoms with van der Waals surface area (Å²) in [4.78, 5) is 10.8. The molecule has 0 amide bonds. The van der Waals surface area contributed by atoms with Crippen LogP contribution in [-0.2, 0) is 0 Å². The molecule has 1 N–H and O–H groups in total. The summed E-state index contributed by atoms with van der Waals surface area (Å²) in [5.74, 6) is 0.235. The van der Waals surface area contributed by atoms with Gasteiger partial charge in [0.25, 0.3) is 0 Å². The molecule has 0 saturated carbocycles. The third-order valence-corrected chi connectivity index (χ3v) is 2.22. The van der Waals surface area contributed by atoms with Gasteiger partial charge in [-0.3, -0.25) is 4.79 Å². The predicted octanol–water partition coefficient (Wildman–Crippen LogP) is 2.20. The van der Waals surface area contributed by atoms with Gasteiger partial charge in [0.15, 0.2) is 5.78 Å². The fraction of sp³-hybridized carbons (Fsp3) is 0.125. The van der Waals surface area contributed by atoms with Crippen molar-refractivity contribution >= 4 is 28.4 Å². The highest BCUT2D eigenvalue weighted by Gasteiger charge is 2.01. The number of hydrogen-bond donors (Lipinski definition) is 1. The Balaban J connectivity index is 3.15. The second kappa shape index (κ2) is 3.21. The minimum Gasteiger partial charge on any atom is -0.507 e. The largest absolute Gasteiger partial charge is 0.507 e. The highest BCUT2D eigenvalue weighted by Crippen LogP contribution is 2.20. The lowest BCUT2D eigenvalue weighted by Crippen LogP contribution is -1.91. The number of phenolic OH excluding ortho intramolecular Hbond substituents is 1. The molecule has 0 aromatic heterocycles. The average molecular weight is 262 g/mol. The maximum atomic E-state index is 10.8. The van der Waals surface area contributed by atoms with E-state index in [1.165, 1.54) is 13.0 Å². The van der Waals surface area contributed by atoms with Crippen molar-refractivity contribution in [1.82, 2.24) is 0 Å². The molecule has 1 aromatic carbocycles. The first-order valence-electron chi connectivity index (χ1n) is 3.10. The maximum Gasteiger partial charge on any atom is 0.159 e. The van der Waals surface area contributed by atoms with E-state index in [0.29, 0.717) is 9.13 Å². The van der Waals surface area contributed by atoms with Crippen molar-refractivity contribution < 1.29 is 9.90 Å². The zero-order valence-corrected chi connectivity index (χ0v) is 8.12. The molecule has 1 aromatic rings. The summed E-state index contributed by atoms with van der Waals surface area (Å²) in [6.45, 7) is 1.50. The molecule has 58 valence electrons. The average Bonchev–Trinajstić information content (AvgIpc) is 1.94. The summed E-state index contributed by atoms with van der Waals surface area (Å²) in [5.41, 5.74) is 0.632. The van der Waals surface area contributed by atoms with Crippen LogP contribution in [0.5, 0.6) is 5.75 Å². The van der Waals surface area contributed by atoms with Crippen LogP contribution < -0.4 is 0 Å². The minimum atomic E-state index is 0.0166. The first-order valence-corrected chi connectivity index (χ1v) is 4.18. The number of phenols is 1. The standard InChI is InChI=1S/C8H7IO2/c1-5(10)6-2-3-8(11)7(9)4-6/h2-4,11H,1H3. The highest BCUT2D eigenvalue weighted by atomic mass is 127. The van der Waals surface area contributed by atoms with Crippen LogP contribution in [-0.4, -0.2) is 10.9 Å². The van der Waals surface area contributed by atoms with Gasteiger partial charge >= 0.3 is 0 Å². The summed E-state index contributed by atoms with van der Waals surface area (Å²) in [5, 5.41) is 9.11. The van der Waals surface area contributed by atoms with E-state index in [1.54, 1.807) is 12.1 Å². The van der Waals surface area contributed by atoms with Crippen molar-refractivity contribution in [1.29, 1.82) is 0 Å². The smallest absolute Gasteiger partial charge is 0.159 e. The summed E-state index contributed by atoms with van der Waals surface area (Å²) in [6.07, 6.45) is 0. The van der Waals surface area contributed by atoms with Gasteiger partial charge in [0.2, 0.25) is 0 Å². The predicted molar refractivity (Wildman–Crippen MR) is 50.8 cm³/mol. The van der Waals surface area contributed by atoms with Crippen LogP contribution in [0.2, 0.25) is 0 Å². The summed E-state index contributed by atoms with van der Waals surface area (Å²) < 4.78 is 0.704. The number of carbonyl (C=O) groups is 1. The molecule has 1 rings (SSSR count). The van der Waals surface area contributed by atoms with Crippen LogP contribution in [0.3, 0.4) is 0 Å². The molecule has 0 fully saturated rings. The van der Waals surface area contributed by atoms with E-state index in [4.69, 9.17) is 5.11 Å². The van der Waals surface area contributed by atoms with Crippen molar-refractivity contribution in [3.63, 3.8) is 0 Å². The van der Waals surface area contributed by atoms with E-state index in [-0.39, 0.29) is 11.5 Å². The van der Waals surface area contributed by atoms with Crippen molar-refractivity contribution in [2.45, 2.75) is 6.92 Å². The first kappa shape index (κ1) is 8.52. The van der Waals surface area contributed by atoms with Gasteiger partial charge in [-0.2, -0.15) is 0 Å². The zero-order valence-electron chi connectivity index (χ0n) is 5.97. The van der Waals surface area contributed by atoms with Crippen LogP contribution in [0.4, 0.5) is 0 Å². The number of aromatic hydroxyl groups is 1. The highest BCUT2D eigenvalue weighted by molar-refractivity contribution is 14.1. The van der Waals surface area contributed by atoms with Gasteiger partial charge in [-0.05, 0) is 47.7 Å². The number of hydrogen-bond acceptors (Lipinski definition) is 2. The molecule has 0 radical (unpaired) electrons. The molecule has 11 heavy (non-hydrogen) atoms. The lowest BCUT2D eigenvalue weighted by atomic mass is 10.1. The van der Waals surface area contributed by atoms with Crippen LogP contribution >= 0.6 is 22.6 Å². The van der Waals surface area contributed by atoms with Crippen molar-refractivity contribution in [2.24, 2.45) is 0 Å². The number of benzene rings is 1. The molecule has 2 nitrogen and oxygen atoms in total. The normalized spacial score (nSPS) is 9.64. The number of halogens is 1. The lowest BCUT2D eigenvalue weighted by Gasteiger charge is -1.98. The molecule has 0 saturated heterocycles. The lowest BCUT2D eigenvalue weighted by molar-refractivity contribution is 0.101. The summed E-state index contributed by atoms with van der Waals surface area (Å²) in [6, 6.07) is 4.80. The number of rotatable bonds is 1. The number of ketones is 1. The van der Waals surface area contributed by atoms with E-state index in [2.05, 4.69) is 0 Å². The van der Waals surface area contributed by atoms with Gasteiger partial charge in [0, 0.05) is 5.56 Å². The zero-order chi connectivity index (χ0) is 8.43. The fourth-order valence-electron chi connectivity index (χ4n) is 0.726. The second-order valence-electron chi connectivity index (χ2n) is 2.22.